The molecule has 1 aliphatic rings. The van der Waals surface area contributed by atoms with Gasteiger partial charge in [-0.05, 0) is 30.7 Å². The molecule has 1 saturated heterocycles. The largest absolute Gasteiger partial charge is 0.369 e. The molecule has 3 N–H and O–H groups in total. The topological polar surface area (TPSA) is 96.5 Å². The first-order valence-electron chi connectivity index (χ1n) is 8.19. The van der Waals surface area contributed by atoms with Gasteiger partial charge < -0.3 is 15.7 Å². The number of likely N-dealkylation sites (tertiary alicyclic amines) is 1. The van der Waals surface area contributed by atoms with Crippen molar-refractivity contribution >= 4 is 11.8 Å². The second kappa shape index (κ2) is 6.62. The van der Waals surface area contributed by atoms with Crippen molar-refractivity contribution in [3.8, 4) is 23.1 Å². The fourth-order valence-electron chi connectivity index (χ4n) is 2.85. The number of hydrogen-bond acceptors (Lipinski definition) is 4. The number of benzene rings is 1. The minimum absolute atomic E-state index is 0.191. The number of carbonyl (C=O) groups is 2. The number of nitrogens with zero attached hydrogens (tertiary/aromatic N) is 2. The Balaban J connectivity index is 1.96. The summed E-state index contributed by atoms with van der Waals surface area (Å²) in [6.45, 7) is 2.37. The zero-order valence-corrected chi connectivity index (χ0v) is 14.6. The predicted octanol–water partition coefficient (Wildman–Crippen LogP) is 1.10. The molecule has 2 amide bonds. The third-order valence-corrected chi connectivity index (χ3v) is 4.41. The van der Waals surface area contributed by atoms with Gasteiger partial charge in [-0.25, -0.2) is 4.98 Å². The highest BCUT2D eigenvalue weighted by Gasteiger charge is 2.42. The van der Waals surface area contributed by atoms with Gasteiger partial charge in [0.15, 0.2) is 0 Å². The Morgan fingerprint density at radius 1 is 1.35 bits per heavy atom. The first-order valence-corrected chi connectivity index (χ1v) is 8.19. The van der Waals surface area contributed by atoms with Crippen molar-refractivity contribution in [3.63, 3.8) is 0 Å². The maximum atomic E-state index is 12.0. The van der Waals surface area contributed by atoms with Gasteiger partial charge in [-0.2, -0.15) is 0 Å². The number of aromatic nitrogens is 1. The van der Waals surface area contributed by atoms with E-state index in [1.165, 1.54) is 4.90 Å². The van der Waals surface area contributed by atoms with Crippen molar-refractivity contribution in [2.24, 2.45) is 5.73 Å². The molecule has 6 heteroatoms. The maximum absolute atomic E-state index is 12.0. The fourth-order valence-corrected chi connectivity index (χ4v) is 2.85. The molecule has 0 spiro atoms. The zero-order chi connectivity index (χ0) is 18.9. The number of pyridine rings is 1. The average molecular weight is 349 g/mol. The molecule has 1 aromatic carbocycles. The highest BCUT2D eigenvalue weighted by molar-refractivity contribution is 5.91. The van der Waals surface area contributed by atoms with Crippen LogP contribution in [0.4, 0.5) is 0 Å². The van der Waals surface area contributed by atoms with Gasteiger partial charge in [-0.3, -0.25) is 9.59 Å². The third-order valence-electron chi connectivity index (χ3n) is 4.41. The van der Waals surface area contributed by atoms with Gasteiger partial charge in [0.2, 0.25) is 5.60 Å². The van der Waals surface area contributed by atoms with Crippen molar-refractivity contribution in [1.29, 1.82) is 0 Å². The van der Waals surface area contributed by atoms with E-state index in [2.05, 4.69) is 16.8 Å². The molecule has 1 fully saturated rings. The highest BCUT2D eigenvalue weighted by atomic mass is 16.3. The lowest BCUT2D eigenvalue weighted by Crippen LogP contribution is -2.37. The lowest BCUT2D eigenvalue weighted by molar-refractivity contribution is -0.137. The van der Waals surface area contributed by atoms with E-state index < -0.39 is 11.5 Å². The Bertz CT molecular complexity index is 958. The Morgan fingerprint density at radius 2 is 2.12 bits per heavy atom. The summed E-state index contributed by atoms with van der Waals surface area (Å²) in [5.41, 5.74) is 6.82. The normalized spacial score (nSPS) is 19.2. The highest BCUT2D eigenvalue weighted by Crippen LogP contribution is 2.24. The van der Waals surface area contributed by atoms with Crippen molar-refractivity contribution in [3.05, 3.63) is 53.2 Å². The molecule has 1 aliphatic heterocycles. The van der Waals surface area contributed by atoms with E-state index in [9.17, 15) is 14.7 Å². The molecular weight excluding hydrogens is 330 g/mol. The number of likely N-dealkylation sites (N-methyl/N-ethyl adjacent to an activating group) is 1. The molecule has 1 atom stereocenters. The van der Waals surface area contributed by atoms with Gasteiger partial charge >= 0.3 is 0 Å². The summed E-state index contributed by atoms with van der Waals surface area (Å²) in [6, 6.07) is 10.6. The molecule has 6 nitrogen and oxygen atoms in total. The molecule has 2 heterocycles. The lowest BCUT2D eigenvalue weighted by atomic mass is 10.0. The molecule has 132 valence electrons. The quantitative estimate of drug-likeness (QED) is 0.794. The number of primary amides is 1. The summed E-state index contributed by atoms with van der Waals surface area (Å²) < 4.78 is 0. The van der Waals surface area contributed by atoms with E-state index in [0.717, 1.165) is 11.1 Å². The van der Waals surface area contributed by atoms with E-state index >= 15 is 0 Å². The van der Waals surface area contributed by atoms with Crippen LogP contribution in [0.25, 0.3) is 11.3 Å². The second-order valence-electron chi connectivity index (χ2n) is 6.39. The molecule has 26 heavy (non-hydrogen) atoms. The van der Waals surface area contributed by atoms with Gasteiger partial charge in [-0.1, -0.05) is 30.0 Å². The van der Waals surface area contributed by atoms with Crippen LogP contribution >= 0.6 is 0 Å². The molecule has 0 bridgehead atoms. The number of nitrogens with two attached hydrogens (primary N) is 1. The van der Waals surface area contributed by atoms with Crippen molar-refractivity contribution in [1.82, 2.24) is 9.88 Å². The SMILES string of the molecule is Cc1ccc(C(N)=O)nc1-c1cccc(C#C[C@]2(O)CCN(C)C2=O)c1. The molecule has 1 aromatic heterocycles. The maximum Gasteiger partial charge on any atom is 0.267 e. The number of hydrogen-bond donors (Lipinski definition) is 2. The van der Waals surface area contributed by atoms with Crippen LogP contribution in [0.5, 0.6) is 0 Å². The molecule has 0 aliphatic carbocycles. The number of aliphatic hydroxyl groups is 1. The van der Waals surface area contributed by atoms with Gasteiger partial charge in [0.1, 0.15) is 5.69 Å². The van der Waals surface area contributed by atoms with Crippen LogP contribution in [0.2, 0.25) is 0 Å². The van der Waals surface area contributed by atoms with Crippen molar-refractivity contribution < 1.29 is 14.7 Å². The summed E-state index contributed by atoms with van der Waals surface area (Å²) in [7, 11) is 1.64. The van der Waals surface area contributed by atoms with E-state index in [0.29, 0.717) is 17.8 Å². The number of carbonyl (C=O) groups excluding carboxylic acids is 2. The van der Waals surface area contributed by atoms with Crippen LogP contribution in [-0.4, -0.2) is 46.0 Å². The Morgan fingerprint density at radius 3 is 2.77 bits per heavy atom. The predicted molar refractivity (Wildman–Crippen MR) is 97.0 cm³/mol. The first-order chi connectivity index (χ1) is 12.3. The number of aryl methyl sites for hydroxylation is 1. The molecule has 0 radical (unpaired) electrons. The Labute approximate surface area is 151 Å². The smallest absolute Gasteiger partial charge is 0.267 e. The standard InChI is InChI=1S/C20H19N3O3/c1-13-6-7-16(18(21)24)22-17(13)15-5-3-4-14(12-15)8-9-20(26)10-11-23(2)19(20)25/h3-7,12,26H,10-11H2,1-2H3,(H2,21,24)/t20-/m0/s1. The van der Waals surface area contributed by atoms with Crippen molar-refractivity contribution in [2.75, 3.05) is 13.6 Å². The molecule has 0 saturated carbocycles. The van der Waals surface area contributed by atoms with Crippen LogP contribution in [0.15, 0.2) is 36.4 Å². The summed E-state index contributed by atoms with van der Waals surface area (Å²) in [5, 5.41) is 10.4. The molecule has 0 unspecified atom stereocenters. The summed E-state index contributed by atoms with van der Waals surface area (Å²) in [6.07, 6.45) is 0.288. The fraction of sp³-hybridized carbons (Fsp3) is 0.250. The second-order valence-corrected chi connectivity index (χ2v) is 6.39. The number of rotatable bonds is 2. The van der Waals surface area contributed by atoms with Gasteiger partial charge in [0, 0.05) is 31.1 Å². The van der Waals surface area contributed by atoms with Crippen molar-refractivity contribution in [2.45, 2.75) is 18.9 Å². The molecular formula is C20H19N3O3. The summed E-state index contributed by atoms with van der Waals surface area (Å²) in [5.74, 6) is 4.60. The van der Waals surface area contributed by atoms with Crippen LogP contribution < -0.4 is 5.73 Å². The van der Waals surface area contributed by atoms with E-state index in [1.807, 2.05) is 19.1 Å². The third kappa shape index (κ3) is 3.30. The first kappa shape index (κ1) is 17.6. The minimum atomic E-state index is -1.63. The van der Waals surface area contributed by atoms with Crippen LogP contribution in [0, 0.1) is 18.8 Å². The average Bonchev–Trinajstić information content (AvgIpc) is 2.88. The van der Waals surface area contributed by atoms with E-state index in [-0.39, 0.29) is 18.0 Å². The van der Waals surface area contributed by atoms with Crippen LogP contribution in [-0.2, 0) is 4.79 Å². The Hall–Kier alpha value is -3.17. The lowest BCUT2D eigenvalue weighted by Gasteiger charge is -2.13. The van der Waals surface area contributed by atoms with Gasteiger partial charge in [-0.15, -0.1) is 0 Å². The number of amides is 2. The summed E-state index contributed by atoms with van der Waals surface area (Å²) >= 11 is 0. The van der Waals surface area contributed by atoms with Gasteiger partial charge in [0.05, 0.1) is 5.69 Å². The van der Waals surface area contributed by atoms with Crippen LogP contribution in [0.3, 0.4) is 0 Å². The van der Waals surface area contributed by atoms with Gasteiger partial charge in [0.25, 0.3) is 11.8 Å². The minimum Gasteiger partial charge on any atom is -0.369 e. The van der Waals surface area contributed by atoms with Crippen LogP contribution in [0.1, 0.15) is 28.0 Å². The molecule has 3 rings (SSSR count). The summed E-state index contributed by atoms with van der Waals surface area (Å²) in [4.78, 5) is 29.2. The zero-order valence-electron chi connectivity index (χ0n) is 14.6. The Kier molecular flexibility index (Phi) is 4.49. The van der Waals surface area contributed by atoms with E-state index in [1.54, 1.807) is 31.3 Å². The molecule has 2 aromatic rings. The van der Waals surface area contributed by atoms with E-state index in [4.69, 9.17) is 5.73 Å². The monoisotopic (exact) mass is 349 g/mol.